The summed E-state index contributed by atoms with van der Waals surface area (Å²) in [5.41, 5.74) is 0.992. The zero-order valence-corrected chi connectivity index (χ0v) is 12.6. The van der Waals surface area contributed by atoms with E-state index in [9.17, 15) is 8.77 Å². The predicted octanol–water partition coefficient (Wildman–Crippen LogP) is 3.33. The number of aryl methyl sites for hydroxylation is 1. The Labute approximate surface area is 111 Å². The van der Waals surface area contributed by atoms with Gasteiger partial charge in [-0.05, 0) is 32.9 Å². The van der Waals surface area contributed by atoms with E-state index in [1.165, 1.54) is 0 Å². The molecule has 1 atom stereocenters. The summed E-state index contributed by atoms with van der Waals surface area (Å²) in [5, 5.41) is 0. The van der Waals surface area contributed by atoms with Gasteiger partial charge in [0.2, 0.25) is 0 Å². The Kier molecular flexibility index (Phi) is 6.22. The van der Waals surface area contributed by atoms with Gasteiger partial charge in [0.05, 0.1) is 24.0 Å². The largest absolute Gasteiger partial charge is 0.343 e. The maximum absolute atomic E-state index is 12.2. The fraction of sp³-hybridized carbons (Fsp3) is 0.500. The van der Waals surface area contributed by atoms with Crippen LogP contribution in [0, 0.1) is 6.92 Å². The van der Waals surface area contributed by atoms with Crippen molar-refractivity contribution >= 4 is 18.4 Å². The van der Waals surface area contributed by atoms with Crippen LogP contribution < -0.4 is 0 Å². The number of hydrogen-bond donors (Lipinski definition) is 0. The molecule has 18 heavy (non-hydrogen) atoms. The summed E-state index contributed by atoms with van der Waals surface area (Å²) in [6.45, 7) is 5.99. The van der Waals surface area contributed by atoms with Crippen molar-refractivity contribution in [1.29, 1.82) is 0 Å². The van der Waals surface area contributed by atoms with Crippen LogP contribution >= 0.6 is 7.60 Å². The van der Waals surface area contributed by atoms with Gasteiger partial charge in [-0.2, -0.15) is 0 Å². The van der Waals surface area contributed by atoms with Gasteiger partial charge in [0.25, 0.3) is 0 Å². The third-order valence-corrected chi connectivity index (χ3v) is 6.51. The molecule has 0 unspecified atom stereocenters. The van der Waals surface area contributed by atoms with E-state index >= 15 is 0 Å². The molecule has 0 bridgehead atoms. The second-order valence-corrected chi connectivity index (χ2v) is 7.67. The number of rotatable bonds is 7. The molecule has 0 fully saturated rings. The number of benzene rings is 1. The second kappa shape index (κ2) is 7.19. The minimum atomic E-state index is -3.25. The van der Waals surface area contributed by atoms with Gasteiger partial charge >= 0.3 is 7.60 Å². The van der Waals surface area contributed by atoms with Crippen molar-refractivity contribution in [3.05, 3.63) is 29.8 Å². The smallest absolute Gasteiger partial charge is 0.308 e. The molecule has 1 rings (SSSR count). The van der Waals surface area contributed by atoms with Crippen molar-refractivity contribution in [3.63, 3.8) is 0 Å². The third kappa shape index (κ3) is 4.65. The van der Waals surface area contributed by atoms with E-state index in [1.54, 1.807) is 26.0 Å². The average Bonchev–Trinajstić information content (AvgIpc) is 2.30. The lowest BCUT2D eigenvalue weighted by Crippen LogP contribution is -2.05. The summed E-state index contributed by atoms with van der Waals surface area (Å²) in [6.07, 6.45) is 0. The van der Waals surface area contributed by atoms with Crippen LogP contribution in [0.4, 0.5) is 0 Å². The molecule has 0 heterocycles. The summed E-state index contributed by atoms with van der Waals surface area (Å²) >= 11 is 0. The van der Waals surface area contributed by atoms with Crippen LogP contribution in [0.5, 0.6) is 0 Å². The molecule has 0 aliphatic carbocycles. The first-order valence-corrected chi connectivity index (χ1v) is 8.88. The minimum Gasteiger partial charge on any atom is -0.308 e. The van der Waals surface area contributed by atoms with E-state index in [-0.39, 0.29) is 18.7 Å². The van der Waals surface area contributed by atoms with Gasteiger partial charge in [-0.3, -0.25) is 8.77 Å². The standard InChI is InChI=1S/C12H19O4PS/c1-4-15-17(13,16-5-2)10-18(14)12-8-6-11(3)7-9-12/h6-9H,4-5,10H2,1-3H3/t18-/m1/s1. The Morgan fingerprint density at radius 2 is 1.61 bits per heavy atom. The highest BCUT2D eigenvalue weighted by Gasteiger charge is 2.27. The minimum absolute atomic E-state index is 0.0995. The molecule has 0 spiro atoms. The molecule has 0 radical (unpaired) electrons. The van der Waals surface area contributed by atoms with Crippen LogP contribution in [0.3, 0.4) is 0 Å². The van der Waals surface area contributed by atoms with Crippen molar-refractivity contribution < 1.29 is 17.8 Å². The maximum Gasteiger partial charge on any atom is 0.343 e. The van der Waals surface area contributed by atoms with E-state index < -0.39 is 18.4 Å². The molecule has 1 aromatic rings. The predicted molar refractivity (Wildman–Crippen MR) is 73.3 cm³/mol. The second-order valence-electron chi connectivity index (χ2n) is 3.73. The highest BCUT2D eigenvalue weighted by molar-refractivity contribution is 7.92. The van der Waals surface area contributed by atoms with E-state index in [4.69, 9.17) is 9.05 Å². The van der Waals surface area contributed by atoms with E-state index in [2.05, 4.69) is 0 Å². The zero-order valence-electron chi connectivity index (χ0n) is 10.9. The third-order valence-electron chi connectivity index (χ3n) is 2.21. The quantitative estimate of drug-likeness (QED) is 0.723. The molecular weight excluding hydrogens is 271 g/mol. The monoisotopic (exact) mass is 290 g/mol. The van der Waals surface area contributed by atoms with E-state index in [1.807, 2.05) is 19.1 Å². The summed E-state index contributed by atoms with van der Waals surface area (Å²) < 4.78 is 34.6. The molecule has 102 valence electrons. The summed E-state index contributed by atoms with van der Waals surface area (Å²) in [7, 11) is -4.63. The lowest BCUT2D eigenvalue weighted by molar-refractivity contribution is 0.224. The van der Waals surface area contributed by atoms with Gasteiger partial charge in [-0.15, -0.1) is 0 Å². The topological polar surface area (TPSA) is 52.6 Å². The van der Waals surface area contributed by atoms with Crippen LogP contribution in [-0.2, 0) is 24.4 Å². The van der Waals surface area contributed by atoms with E-state index in [0.717, 1.165) is 5.56 Å². The van der Waals surface area contributed by atoms with Crippen LogP contribution in [0.25, 0.3) is 0 Å². The average molecular weight is 290 g/mol. The molecule has 6 heteroatoms. The molecular formula is C12H19O4PS. The van der Waals surface area contributed by atoms with Crippen LogP contribution in [-0.4, -0.2) is 22.9 Å². The van der Waals surface area contributed by atoms with Gasteiger partial charge in [0.1, 0.15) is 5.49 Å². The van der Waals surface area contributed by atoms with Gasteiger partial charge < -0.3 is 9.05 Å². The maximum atomic E-state index is 12.2. The first-order chi connectivity index (χ1) is 8.50. The molecule has 0 aromatic heterocycles. The summed E-state index contributed by atoms with van der Waals surface area (Å²) in [5.74, 6) is 0. The van der Waals surface area contributed by atoms with Crippen molar-refractivity contribution in [2.75, 3.05) is 18.7 Å². The fourth-order valence-corrected chi connectivity index (χ4v) is 5.06. The lowest BCUT2D eigenvalue weighted by atomic mass is 10.2. The molecule has 0 aliphatic heterocycles. The molecule has 0 saturated heterocycles. The van der Waals surface area contributed by atoms with Crippen LogP contribution in [0.1, 0.15) is 19.4 Å². The Morgan fingerprint density at radius 1 is 1.11 bits per heavy atom. The van der Waals surface area contributed by atoms with Crippen LogP contribution in [0.2, 0.25) is 0 Å². The summed E-state index contributed by atoms with van der Waals surface area (Å²) in [6, 6.07) is 7.29. The highest BCUT2D eigenvalue weighted by Crippen LogP contribution is 2.49. The Bertz CT molecular complexity index is 434. The van der Waals surface area contributed by atoms with Crippen molar-refractivity contribution in [1.82, 2.24) is 0 Å². The van der Waals surface area contributed by atoms with Crippen molar-refractivity contribution in [3.8, 4) is 0 Å². The SMILES string of the molecule is CCOP(=O)(C[S@@](=O)c1ccc(C)cc1)OCC. The molecule has 0 N–H and O–H groups in total. The summed E-state index contributed by atoms with van der Waals surface area (Å²) in [4.78, 5) is 0.639. The highest BCUT2D eigenvalue weighted by atomic mass is 32.2. The van der Waals surface area contributed by atoms with Crippen molar-refractivity contribution in [2.24, 2.45) is 0 Å². The first-order valence-electron chi connectivity index (χ1n) is 5.84. The fourth-order valence-electron chi connectivity index (χ4n) is 1.41. The molecule has 4 nitrogen and oxygen atoms in total. The molecule has 0 aliphatic rings. The van der Waals surface area contributed by atoms with Gasteiger partial charge in [0.15, 0.2) is 0 Å². The Balaban J connectivity index is 2.78. The Hall–Kier alpha value is -0.480. The van der Waals surface area contributed by atoms with Gasteiger partial charge in [-0.1, -0.05) is 17.7 Å². The molecule has 0 saturated carbocycles. The normalized spacial score (nSPS) is 13.5. The number of hydrogen-bond acceptors (Lipinski definition) is 4. The first kappa shape index (κ1) is 15.6. The van der Waals surface area contributed by atoms with Gasteiger partial charge in [0, 0.05) is 4.90 Å². The van der Waals surface area contributed by atoms with Gasteiger partial charge in [-0.25, -0.2) is 0 Å². The van der Waals surface area contributed by atoms with Crippen LogP contribution in [0.15, 0.2) is 29.2 Å². The zero-order chi connectivity index (χ0) is 13.6. The van der Waals surface area contributed by atoms with Crippen molar-refractivity contribution in [2.45, 2.75) is 25.7 Å². The lowest BCUT2D eigenvalue weighted by Gasteiger charge is -2.16. The molecule has 1 aromatic carbocycles. The van der Waals surface area contributed by atoms with E-state index in [0.29, 0.717) is 4.90 Å². The molecule has 0 amide bonds. The Morgan fingerprint density at radius 3 is 2.06 bits per heavy atom.